The van der Waals surface area contributed by atoms with Crippen LogP contribution in [0.1, 0.15) is 43.7 Å². The zero-order valence-corrected chi connectivity index (χ0v) is 19.1. The minimum atomic E-state index is -0.945. The molecular weight excluding hydrogens is 420 g/mol. The lowest BCUT2D eigenvalue weighted by Crippen LogP contribution is -2.48. The Morgan fingerprint density at radius 2 is 1.85 bits per heavy atom. The van der Waals surface area contributed by atoms with E-state index in [1.165, 1.54) is 4.90 Å². The average molecular weight is 449 g/mol. The van der Waals surface area contributed by atoms with E-state index in [2.05, 4.69) is 4.98 Å². The van der Waals surface area contributed by atoms with Crippen LogP contribution in [0, 0.1) is 6.92 Å². The number of carboxylic acid groups (broad SMARTS) is 1. The Labute approximate surface area is 193 Å². The van der Waals surface area contributed by atoms with Crippen LogP contribution in [0.3, 0.4) is 0 Å². The number of hydrogen-bond donors (Lipinski definition) is 1. The number of carboxylic acids is 1. The summed E-state index contributed by atoms with van der Waals surface area (Å²) in [5, 5.41) is 9.42. The van der Waals surface area contributed by atoms with E-state index >= 15 is 0 Å². The van der Waals surface area contributed by atoms with Gasteiger partial charge in [-0.15, -0.1) is 0 Å². The molecule has 1 amide bonds. The molecule has 0 saturated carbocycles. The lowest BCUT2D eigenvalue weighted by atomic mass is 9.83. The molecule has 4 rings (SSSR count). The number of rotatable bonds is 7. The summed E-state index contributed by atoms with van der Waals surface area (Å²) in [6, 6.07) is 16.3. The number of hydrogen-bond acceptors (Lipinski definition) is 5. The van der Waals surface area contributed by atoms with Crippen molar-refractivity contribution in [2.24, 2.45) is 0 Å². The molecule has 33 heavy (non-hydrogen) atoms. The van der Waals surface area contributed by atoms with Crippen LogP contribution in [0.2, 0.25) is 0 Å². The van der Waals surface area contributed by atoms with Crippen LogP contribution in [0.15, 0.2) is 59.0 Å². The van der Waals surface area contributed by atoms with E-state index < -0.39 is 17.4 Å². The van der Waals surface area contributed by atoms with Crippen molar-refractivity contribution < 1.29 is 23.8 Å². The van der Waals surface area contributed by atoms with Crippen molar-refractivity contribution in [1.82, 2.24) is 9.88 Å². The lowest BCUT2D eigenvalue weighted by Gasteiger charge is -2.32. The molecule has 1 fully saturated rings. The summed E-state index contributed by atoms with van der Waals surface area (Å²) in [5.41, 5.74) is 1.59. The molecule has 2 heterocycles. The first-order chi connectivity index (χ1) is 15.8. The highest BCUT2D eigenvalue weighted by atomic mass is 16.5. The fraction of sp³-hybridized carbons (Fsp3) is 0.346. The minimum absolute atomic E-state index is 0.173. The molecule has 0 spiro atoms. The summed E-state index contributed by atoms with van der Waals surface area (Å²) in [6.45, 7) is 6.25. The second-order valence-electron chi connectivity index (χ2n) is 8.82. The van der Waals surface area contributed by atoms with Crippen LogP contribution in [0.4, 0.5) is 0 Å². The molecule has 0 unspecified atom stereocenters. The Bertz CT molecular complexity index is 1140. The van der Waals surface area contributed by atoms with Gasteiger partial charge in [0.25, 0.3) is 0 Å². The Balaban J connectivity index is 1.43. The van der Waals surface area contributed by atoms with E-state index in [4.69, 9.17) is 9.15 Å². The number of aromatic nitrogens is 1. The van der Waals surface area contributed by atoms with Gasteiger partial charge in [0.1, 0.15) is 29.9 Å². The topological polar surface area (TPSA) is 92.9 Å². The molecule has 172 valence electrons. The van der Waals surface area contributed by atoms with Crippen LogP contribution in [-0.4, -0.2) is 39.5 Å². The van der Waals surface area contributed by atoms with Crippen LogP contribution in [-0.2, 0) is 21.6 Å². The fourth-order valence-corrected chi connectivity index (χ4v) is 4.13. The summed E-state index contributed by atoms with van der Waals surface area (Å²) >= 11 is 0. The predicted octanol–water partition coefficient (Wildman–Crippen LogP) is 4.58. The van der Waals surface area contributed by atoms with Gasteiger partial charge in [-0.1, -0.05) is 30.3 Å². The van der Waals surface area contributed by atoms with E-state index in [1.54, 1.807) is 0 Å². The van der Waals surface area contributed by atoms with Crippen molar-refractivity contribution in [3.05, 3.63) is 71.6 Å². The van der Waals surface area contributed by atoms with Crippen molar-refractivity contribution >= 4 is 11.9 Å². The Hall–Kier alpha value is -3.61. The number of aryl methyl sites for hydroxylation is 1. The van der Waals surface area contributed by atoms with Crippen molar-refractivity contribution in [3.8, 4) is 17.2 Å². The van der Waals surface area contributed by atoms with Crippen LogP contribution in [0.25, 0.3) is 11.5 Å². The Morgan fingerprint density at radius 3 is 2.52 bits per heavy atom. The third-order valence-electron chi connectivity index (χ3n) is 6.20. The lowest BCUT2D eigenvalue weighted by molar-refractivity contribution is -0.150. The summed E-state index contributed by atoms with van der Waals surface area (Å²) in [5.74, 6) is 0.793. The monoisotopic (exact) mass is 448 g/mol. The molecule has 1 aliphatic heterocycles. The molecule has 7 nitrogen and oxygen atoms in total. The molecule has 1 aromatic heterocycles. The molecule has 0 bridgehead atoms. The number of oxazole rings is 1. The van der Waals surface area contributed by atoms with E-state index in [9.17, 15) is 14.7 Å². The van der Waals surface area contributed by atoms with Crippen molar-refractivity contribution in [1.29, 1.82) is 0 Å². The van der Waals surface area contributed by atoms with Gasteiger partial charge in [-0.2, -0.15) is 0 Å². The third-order valence-corrected chi connectivity index (χ3v) is 6.20. The molecule has 1 atom stereocenters. The van der Waals surface area contributed by atoms with E-state index in [1.807, 2.05) is 75.4 Å². The number of ether oxygens (including phenoxy) is 1. The second kappa shape index (κ2) is 9.10. The number of likely N-dealkylation sites (tertiary alicyclic amines) is 1. The standard InChI is InChI=1S/C26H28N2O5/c1-17-21(27-23(33-17)18-8-5-4-6-9-18)16-32-20-13-11-19(12-14-20)26(2,3)25(31)28-15-7-10-22(28)24(29)30/h4-6,8-9,11-14,22H,7,10,15-16H2,1-3H3,(H,29,30)/t22-/m1/s1. The predicted molar refractivity (Wildman–Crippen MR) is 123 cm³/mol. The first-order valence-electron chi connectivity index (χ1n) is 11.1. The number of benzene rings is 2. The SMILES string of the molecule is Cc1oc(-c2ccccc2)nc1COc1ccc(C(C)(C)C(=O)N2CCC[C@@H]2C(=O)O)cc1. The number of nitrogens with zero attached hydrogens (tertiary/aromatic N) is 2. The first-order valence-corrected chi connectivity index (χ1v) is 11.1. The molecule has 1 saturated heterocycles. The first kappa shape index (κ1) is 22.6. The average Bonchev–Trinajstić information content (AvgIpc) is 3.45. The van der Waals surface area contributed by atoms with E-state index in [0.29, 0.717) is 36.8 Å². The van der Waals surface area contributed by atoms with Crippen LogP contribution in [0.5, 0.6) is 5.75 Å². The zero-order chi connectivity index (χ0) is 23.6. The molecule has 2 aromatic carbocycles. The zero-order valence-electron chi connectivity index (χ0n) is 19.1. The Kier molecular flexibility index (Phi) is 6.22. The molecule has 7 heteroatoms. The highest BCUT2D eigenvalue weighted by Crippen LogP contribution is 2.31. The van der Waals surface area contributed by atoms with Crippen molar-refractivity contribution in [3.63, 3.8) is 0 Å². The molecule has 1 aliphatic rings. The Morgan fingerprint density at radius 1 is 1.15 bits per heavy atom. The van der Waals surface area contributed by atoms with Gasteiger partial charge >= 0.3 is 5.97 Å². The normalized spacial score (nSPS) is 16.1. The number of carbonyl (C=O) groups is 2. The smallest absolute Gasteiger partial charge is 0.326 e. The van der Waals surface area contributed by atoms with Gasteiger partial charge in [0.2, 0.25) is 11.8 Å². The second-order valence-corrected chi connectivity index (χ2v) is 8.82. The molecule has 0 aliphatic carbocycles. The molecule has 1 N–H and O–H groups in total. The maximum Gasteiger partial charge on any atom is 0.326 e. The van der Waals surface area contributed by atoms with E-state index in [-0.39, 0.29) is 12.5 Å². The van der Waals surface area contributed by atoms with Gasteiger partial charge in [0.15, 0.2) is 0 Å². The van der Waals surface area contributed by atoms with Gasteiger partial charge in [0, 0.05) is 12.1 Å². The highest BCUT2D eigenvalue weighted by Gasteiger charge is 2.41. The molecule has 3 aromatic rings. The number of carbonyl (C=O) groups excluding carboxylic acids is 1. The summed E-state index contributed by atoms with van der Waals surface area (Å²) in [6.07, 6.45) is 1.20. The quantitative estimate of drug-likeness (QED) is 0.569. The summed E-state index contributed by atoms with van der Waals surface area (Å²) in [7, 11) is 0. The summed E-state index contributed by atoms with van der Waals surface area (Å²) < 4.78 is 11.7. The van der Waals surface area contributed by atoms with Crippen molar-refractivity contribution in [2.75, 3.05) is 6.54 Å². The third kappa shape index (κ3) is 4.62. The van der Waals surface area contributed by atoms with Crippen LogP contribution >= 0.6 is 0 Å². The minimum Gasteiger partial charge on any atom is -0.487 e. The molecular formula is C26H28N2O5. The van der Waals surface area contributed by atoms with Crippen molar-refractivity contribution in [2.45, 2.75) is 51.7 Å². The summed E-state index contributed by atoms with van der Waals surface area (Å²) in [4.78, 5) is 30.7. The largest absolute Gasteiger partial charge is 0.487 e. The maximum atomic E-state index is 13.1. The maximum absolute atomic E-state index is 13.1. The highest BCUT2D eigenvalue weighted by molar-refractivity contribution is 5.91. The van der Waals surface area contributed by atoms with Gasteiger partial charge in [-0.25, -0.2) is 9.78 Å². The van der Waals surface area contributed by atoms with Gasteiger partial charge < -0.3 is 19.2 Å². The fourth-order valence-electron chi connectivity index (χ4n) is 4.13. The number of aliphatic carboxylic acids is 1. The van der Waals surface area contributed by atoms with Gasteiger partial charge in [-0.3, -0.25) is 4.79 Å². The van der Waals surface area contributed by atoms with Gasteiger partial charge in [-0.05, 0) is 63.4 Å². The van der Waals surface area contributed by atoms with Crippen LogP contribution < -0.4 is 4.74 Å². The number of amides is 1. The van der Waals surface area contributed by atoms with Gasteiger partial charge in [0.05, 0.1) is 5.41 Å². The van der Waals surface area contributed by atoms with E-state index in [0.717, 1.165) is 16.8 Å². The molecule has 0 radical (unpaired) electrons.